The molecule has 1 unspecified atom stereocenters. The molecule has 0 fully saturated rings. The Hall–Kier alpha value is -2.64. The van der Waals surface area contributed by atoms with Gasteiger partial charge in [-0.05, 0) is 80.9 Å². The van der Waals surface area contributed by atoms with E-state index >= 15 is 0 Å². The fourth-order valence-electron chi connectivity index (χ4n) is 3.73. The normalized spacial score (nSPS) is 13.7. The maximum absolute atomic E-state index is 13.7. The largest absolute Gasteiger partial charge is 0.507 e. The van der Waals surface area contributed by atoms with Gasteiger partial charge in [0.2, 0.25) is 0 Å². The number of rotatable bonds is 7. The van der Waals surface area contributed by atoms with Crippen molar-refractivity contribution < 1.29 is 19.8 Å². The molecule has 4 rings (SSSR count). The number of hydrogen-bond acceptors (Lipinski definition) is 6. The number of phenols is 2. The Kier molecular flexibility index (Phi) is 8.20. The second-order valence-corrected chi connectivity index (χ2v) is 11.7. The summed E-state index contributed by atoms with van der Waals surface area (Å²) < 4.78 is 0. The van der Waals surface area contributed by atoms with E-state index in [-0.39, 0.29) is 38.3 Å². The number of phenolic OH excluding ortho intramolecular Hbond substituents is 2. The zero-order chi connectivity index (χ0) is 26.0. The van der Waals surface area contributed by atoms with Crippen LogP contribution in [0, 0.1) is 0 Å². The highest BCUT2D eigenvalue weighted by Crippen LogP contribution is 2.46. The molecule has 1 atom stereocenters. The molecule has 184 valence electrons. The number of hydrogen-bond donors (Lipinski definition) is 2. The van der Waals surface area contributed by atoms with Crippen molar-refractivity contribution in [1.82, 2.24) is 0 Å². The van der Waals surface area contributed by atoms with Crippen LogP contribution in [0.25, 0.3) is 0 Å². The van der Waals surface area contributed by atoms with Crippen LogP contribution in [0.4, 0.5) is 0 Å². The van der Waals surface area contributed by atoms with Crippen LogP contribution < -0.4 is 0 Å². The quantitative estimate of drug-likeness (QED) is 0.173. The van der Waals surface area contributed by atoms with E-state index in [0.717, 1.165) is 27.1 Å². The molecule has 3 aromatic carbocycles. The van der Waals surface area contributed by atoms with Crippen molar-refractivity contribution in [1.29, 1.82) is 0 Å². The van der Waals surface area contributed by atoms with Crippen molar-refractivity contribution in [2.24, 2.45) is 0 Å². The van der Waals surface area contributed by atoms with Crippen molar-refractivity contribution in [3.05, 3.63) is 99.1 Å². The average molecular weight is 558 g/mol. The van der Waals surface area contributed by atoms with Crippen LogP contribution in [0.15, 0.2) is 92.6 Å². The monoisotopic (exact) mass is 556 g/mol. The van der Waals surface area contributed by atoms with Crippen molar-refractivity contribution >= 4 is 58.3 Å². The zero-order valence-corrected chi connectivity index (χ0v) is 22.6. The Labute approximate surface area is 228 Å². The molecule has 36 heavy (non-hydrogen) atoms. The minimum absolute atomic E-state index is 0.173. The van der Waals surface area contributed by atoms with Crippen LogP contribution in [0.2, 0.25) is 10.0 Å². The molecule has 0 aromatic heterocycles. The number of halogens is 2. The second kappa shape index (κ2) is 11.2. The first-order valence-electron chi connectivity index (χ1n) is 11.0. The molecular weight excluding hydrogens is 535 g/mol. The number of carbonyl (C=O) groups is 2. The Morgan fingerprint density at radius 2 is 1.50 bits per heavy atom. The van der Waals surface area contributed by atoms with Gasteiger partial charge < -0.3 is 10.2 Å². The molecule has 8 heteroatoms. The van der Waals surface area contributed by atoms with Gasteiger partial charge in [0, 0.05) is 30.7 Å². The van der Waals surface area contributed by atoms with Crippen molar-refractivity contribution in [3.8, 4) is 11.5 Å². The van der Waals surface area contributed by atoms with E-state index in [9.17, 15) is 19.8 Å². The number of Topliss-reactive ketones (excluding diaryl/α,β-unsaturated/α-hetero) is 1. The number of carbonyl (C=O) groups excluding carboxylic acids is 2. The number of benzene rings is 3. The Balaban J connectivity index is 1.74. The van der Waals surface area contributed by atoms with Gasteiger partial charge in [0.05, 0.1) is 16.0 Å². The zero-order valence-electron chi connectivity index (χ0n) is 19.4. The molecule has 3 aromatic rings. The summed E-state index contributed by atoms with van der Waals surface area (Å²) in [5, 5.41) is 22.5. The second-order valence-electron chi connectivity index (χ2n) is 8.42. The van der Waals surface area contributed by atoms with Gasteiger partial charge in [0.25, 0.3) is 0 Å². The summed E-state index contributed by atoms with van der Waals surface area (Å²) in [5.41, 5.74) is 0.995. The van der Waals surface area contributed by atoms with Crippen LogP contribution in [0.1, 0.15) is 41.0 Å². The fourth-order valence-corrected chi connectivity index (χ4v) is 6.00. The van der Waals surface area contributed by atoms with Crippen LogP contribution in [0.5, 0.6) is 11.5 Å². The SMILES string of the molecule is CC(C)=CCC(Sc1ccc(Cl)cc1)C1=CC(=O)c2c(O)cc(Sc3ccc(Cl)cc3)c(O)c2C1=O. The molecular formula is C28H22Cl2O4S2. The molecule has 0 heterocycles. The van der Waals surface area contributed by atoms with Gasteiger partial charge in [-0.3, -0.25) is 9.59 Å². The van der Waals surface area contributed by atoms with Gasteiger partial charge in [0.1, 0.15) is 11.5 Å². The lowest BCUT2D eigenvalue weighted by molar-refractivity contribution is 0.0976. The highest BCUT2D eigenvalue weighted by atomic mass is 35.5. The smallest absolute Gasteiger partial charge is 0.194 e. The average Bonchev–Trinajstić information content (AvgIpc) is 2.83. The Morgan fingerprint density at radius 1 is 0.917 bits per heavy atom. The van der Waals surface area contributed by atoms with Crippen LogP contribution in [-0.2, 0) is 0 Å². The Morgan fingerprint density at radius 3 is 2.08 bits per heavy atom. The van der Waals surface area contributed by atoms with Crippen LogP contribution in [-0.4, -0.2) is 27.0 Å². The highest BCUT2D eigenvalue weighted by molar-refractivity contribution is 8.00. The van der Waals surface area contributed by atoms with Crippen molar-refractivity contribution in [2.45, 2.75) is 40.2 Å². The first kappa shape index (κ1) is 26.4. The third-order valence-electron chi connectivity index (χ3n) is 5.49. The van der Waals surface area contributed by atoms with E-state index in [4.69, 9.17) is 23.2 Å². The van der Waals surface area contributed by atoms with Crippen LogP contribution >= 0.6 is 46.7 Å². The summed E-state index contributed by atoms with van der Waals surface area (Å²) in [7, 11) is 0. The minimum Gasteiger partial charge on any atom is -0.507 e. The number of ketones is 2. The van der Waals surface area contributed by atoms with E-state index < -0.39 is 11.6 Å². The van der Waals surface area contributed by atoms with Gasteiger partial charge in [-0.25, -0.2) is 0 Å². The van der Waals surface area contributed by atoms with Gasteiger partial charge in [0.15, 0.2) is 11.6 Å². The lowest BCUT2D eigenvalue weighted by atomic mass is 9.86. The third kappa shape index (κ3) is 5.84. The summed E-state index contributed by atoms with van der Waals surface area (Å²) in [6.45, 7) is 3.93. The third-order valence-corrected chi connectivity index (χ3v) is 8.31. The number of fused-ring (bicyclic) bond motifs is 1. The van der Waals surface area contributed by atoms with E-state index in [1.165, 1.54) is 23.9 Å². The summed E-state index contributed by atoms with van der Waals surface area (Å²) in [6, 6.07) is 15.5. The molecule has 0 saturated carbocycles. The van der Waals surface area contributed by atoms with Crippen molar-refractivity contribution in [2.75, 3.05) is 0 Å². The summed E-state index contributed by atoms with van der Waals surface area (Å²) in [6.07, 6.45) is 3.79. The first-order valence-corrected chi connectivity index (χ1v) is 13.5. The first-order chi connectivity index (χ1) is 17.1. The Bertz CT molecular complexity index is 1390. The number of allylic oxidation sites excluding steroid dienone is 3. The summed E-state index contributed by atoms with van der Waals surface area (Å²) in [4.78, 5) is 28.7. The number of aromatic hydroxyl groups is 2. The van der Waals surface area contributed by atoms with Crippen molar-refractivity contribution in [3.63, 3.8) is 0 Å². The van der Waals surface area contributed by atoms with Gasteiger partial charge in [-0.2, -0.15) is 0 Å². The molecule has 0 aliphatic heterocycles. The minimum atomic E-state index is -0.519. The standard InChI is InChI=1S/C28H22Cl2O4S2/c1-15(2)3-12-23(35-18-8-4-16(29)5-9-18)20-13-21(31)25-22(32)14-24(28(34)26(25)27(20)33)36-19-10-6-17(30)7-11-19/h3-11,13-14,23,32,34H,12H2,1-2H3. The van der Waals surface area contributed by atoms with Gasteiger partial charge in [-0.1, -0.05) is 46.6 Å². The van der Waals surface area contributed by atoms with E-state index in [2.05, 4.69) is 0 Å². The van der Waals surface area contributed by atoms with Gasteiger partial charge >= 0.3 is 0 Å². The fraction of sp³-hybridized carbons (Fsp3) is 0.143. The van der Waals surface area contributed by atoms with E-state index in [0.29, 0.717) is 16.5 Å². The van der Waals surface area contributed by atoms with E-state index in [1.807, 2.05) is 32.1 Å². The molecule has 1 aliphatic carbocycles. The molecule has 1 aliphatic rings. The molecule has 0 radical (unpaired) electrons. The maximum Gasteiger partial charge on any atom is 0.194 e. The van der Waals surface area contributed by atoms with Crippen LogP contribution in [0.3, 0.4) is 0 Å². The summed E-state index contributed by atoms with van der Waals surface area (Å²) in [5.74, 6) is -1.68. The molecule has 2 N–H and O–H groups in total. The molecule has 0 amide bonds. The predicted octanol–water partition coefficient (Wildman–Crippen LogP) is 8.38. The molecule has 0 bridgehead atoms. The molecule has 4 nitrogen and oxygen atoms in total. The topological polar surface area (TPSA) is 74.6 Å². The lowest BCUT2D eigenvalue weighted by Crippen LogP contribution is -2.24. The molecule has 0 spiro atoms. The lowest BCUT2D eigenvalue weighted by Gasteiger charge is -2.24. The highest BCUT2D eigenvalue weighted by Gasteiger charge is 2.36. The van der Waals surface area contributed by atoms with Gasteiger partial charge in [-0.15, -0.1) is 11.8 Å². The molecule has 0 saturated heterocycles. The maximum atomic E-state index is 13.7. The predicted molar refractivity (Wildman–Crippen MR) is 147 cm³/mol. The number of thioether (sulfide) groups is 1. The van der Waals surface area contributed by atoms with E-state index in [1.54, 1.807) is 36.4 Å². The summed E-state index contributed by atoms with van der Waals surface area (Å²) >= 11 is 14.6.